The molecule has 2 aromatic heterocycles. The molecule has 0 spiro atoms. The summed E-state index contributed by atoms with van der Waals surface area (Å²) in [5, 5.41) is 4.48. The maximum atomic E-state index is 14.6. The number of carbonyl (C=O) groups excluding carboxylic acids is 1. The van der Waals surface area contributed by atoms with E-state index in [1.54, 1.807) is 16.6 Å². The van der Waals surface area contributed by atoms with Crippen LogP contribution in [-0.2, 0) is 11.3 Å². The second-order valence-corrected chi connectivity index (χ2v) is 11.2. The number of aromatic nitrogens is 4. The zero-order valence-electron chi connectivity index (χ0n) is 22.4. The second-order valence-electron chi connectivity index (χ2n) is 11.2. The Hall–Kier alpha value is -4.21. The van der Waals surface area contributed by atoms with Crippen LogP contribution in [-0.4, -0.2) is 62.1 Å². The summed E-state index contributed by atoms with van der Waals surface area (Å²) in [5.74, 6) is -0.574. The van der Waals surface area contributed by atoms with Crippen LogP contribution in [0, 0.1) is 11.6 Å². The van der Waals surface area contributed by atoms with Gasteiger partial charge in [0.2, 0.25) is 0 Å². The highest BCUT2D eigenvalue weighted by Gasteiger charge is 2.32. The van der Waals surface area contributed by atoms with Gasteiger partial charge in [-0.25, -0.2) is 23.2 Å². The van der Waals surface area contributed by atoms with Gasteiger partial charge in [-0.3, -0.25) is 0 Å². The van der Waals surface area contributed by atoms with Crippen molar-refractivity contribution in [3.05, 3.63) is 72.2 Å². The van der Waals surface area contributed by atoms with Crippen LogP contribution in [0.4, 0.5) is 19.3 Å². The van der Waals surface area contributed by atoms with E-state index in [0.717, 1.165) is 41.7 Å². The Balaban J connectivity index is 1.29. The zero-order chi connectivity index (χ0) is 27.5. The highest BCUT2D eigenvalue weighted by Crippen LogP contribution is 2.36. The molecular formula is C29H30F2N6O2. The first-order valence-corrected chi connectivity index (χ1v) is 13.0. The molecule has 8 nitrogen and oxygen atoms in total. The van der Waals surface area contributed by atoms with E-state index in [1.165, 1.54) is 18.5 Å². The molecule has 1 amide bonds. The summed E-state index contributed by atoms with van der Waals surface area (Å²) in [6.07, 6.45) is 3.90. The van der Waals surface area contributed by atoms with Gasteiger partial charge in [0.15, 0.2) is 5.82 Å². The number of nitrogens with zero attached hydrogens (tertiary/aromatic N) is 6. The predicted molar refractivity (Wildman–Crippen MR) is 144 cm³/mol. The third-order valence-electron chi connectivity index (χ3n) is 7.31. The fourth-order valence-corrected chi connectivity index (χ4v) is 5.35. The van der Waals surface area contributed by atoms with Crippen molar-refractivity contribution in [2.24, 2.45) is 0 Å². The average molecular weight is 533 g/mol. The van der Waals surface area contributed by atoms with Crippen molar-refractivity contribution in [1.82, 2.24) is 24.2 Å². The van der Waals surface area contributed by atoms with Crippen molar-refractivity contribution in [1.29, 1.82) is 0 Å². The first-order valence-electron chi connectivity index (χ1n) is 13.0. The Morgan fingerprint density at radius 3 is 2.72 bits per heavy atom. The van der Waals surface area contributed by atoms with Crippen LogP contribution in [0.3, 0.4) is 0 Å². The number of carbonyl (C=O) groups is 1. The summed E-state index contributed by atoms with van der Waals surface area (Å²) in [4.78, 5) is 21.0. The maximum absolute atomic E-state index is 14.6. The fraction of sp³-hybridized carbons (Fsp3) is 0.345. The van der Waals surface area contributed by atoms with Gasteiger partial charge in [0.05, 0.1) is 17.4 Å². The summed E-state index contributed by atoms with van der Waals surface area (Å²) < 4.78 is 37.5. The van der Waals surface area contributed by atoms with Crippen molar-refractivity contribution < 1.29 is 18.3 Å². The van der Waals surface area contributed by atoms with Crippen LogP contribution in [0.15, 0.2) is 55.0 Å². The lowest BCUT2D eigenvalue weighted by atomic mass is 10.1. The number of benzene rings is 2. The number of hydrogen-bond acceptors (Lipinski definition) is 5. The number of ether oxygens (including phenoxy) is 1. The lowest BCUT2D eigenvalue weighted by Gasteiger charge is -2.29. The Labute approximate surface area is 225 Å². The molecule has 1 atom stereocenters. The van der Waals surface area contributed by atoms with Crippen LogP contribution in [0.5, 0.6) is 0 Å². The average Bonchev–Trinajstić information content (AvgIpc) is 3.61. The van der Waals surface area contributed by atoms with Gasteiger partial charge in [0.1, 0.15) is 23.6 Å². The van der Waals surface area contributed by atoms with Gasteiger partial charge in [0, 0.05) is 55.8 Å². The molecule has 2 aliphatic rings. The summed E-state index contributed by atoms with van der Waals surface area (Å²) >= 11 is 0. The van der Waals surface area contributed by atoms with Gasteiger partial charge in [-0.2, -0.15) is 5.10 Å². The Morgan fingerprint density at radius 1 is 1.13 bits per heavy atom. The molecule has 0 aliphatic carbocycles. The molecule has 2 aromatic carbocycles. The molecule has 6 rings (SSSR count). The highest BCUT2D eigenvalue weighted by molar-refractivity contribution is 5.72. The molecule has 0 bridgehead atoms. The van der Waals surface area contributed by atoms with E-state index in [2.05, 4.69) is 27.1 Å². The summed E-state index contributed by atoms with van der Waals surface area (Å²) in [6, 6.07) is 11.8. The molecular weight excluding hydrogens is 502 g/mol. The lowest BCUT2D eigenvalue weighted by Crippen LogP contribution is -2.42. The molecule has 2 aliphatic heterocycles. The number of rotatable bonds is 3. The van der Waals surface area contributed by atoms with E-state index in [1.807, 2.05) is 43.7 Å². The monoisotopic (exact) mass is 532 g/mol. The third kappa shape index (κ3) is 4.64. The van der Waals surface area contributed by atoms with E-state index in [9.17, 15) is 13.6 Å². The number of halogens is 2. The predicted octanol–water partition coefficient (Wildman–Crippen LogP) is 5.49. The molecule has 0 radical (unpaired) electrons. The maximum Gasteiger partial charge on any atom is 0.410 e. The highest BCUT2D eigenvalue weighted by atomic mass is 19.1. The smallest absolute Gasteiger partial charge is 0.410 e. The van der Waals surface area contributed by atoms with Crippen molar-refractivity contribution in [3.8, 4) is 28.3 Å². The van der Waals surface area contributed by atoms with Crippen molar-refractivity contribution in [3.63, 3.8) is 0 Å². The van der Waals surface area contributed by atoms with Crippen LogP contribution < -0.4 is 4.90 Å². The molecule has 202 valence electrons. The number of anilines is 1. The van der Waals surface area contributed by atoms with E-state index in [0.29, 0.717) is 30.0 Å². The molecule has 10 heteroatoms. The molecule has 4 heterocycles. The van der Waals surface area contributed by atoms with Crippen LogP contribution in [0.1, 0.15) is 32.8 Å². The van der Waals surface area contributed by atoms with Crippen LogP contribution in [0.2, 0.25) is 0 Å². The minimum absolute atomic E-state index is 0.0461. The quantitative estimate of drug-likeness (QED) is 0.308. The van der Waals surface area contributed by atoms with Crippen LogP contribution in [0.25, 0.3) is 28.3 Å². The number of fused-ring (bicyclic) bond motifs is 5. The molecule has 0 saturated carbocycles. The number of amides is 1. The standard InChI is InChI=1S/C29H30F2N6O2/c1-29(2,3)39-28(38)34(4)22-9-10-35(16-22)21-6-8-25-19(11-21)15-36-14-18(23-7-5-20(30)13-24(23)31)12-26(36)27-32-17-33-37(25)27/h5-8,11-14,17,22H,9-10,15-16H2,1-4H3. The first-order chi connectivity index (χ1) is 18.6. The minimum atomic E-state index is -0.611. The van der Waals surface area contributed by atoms with E-state index >= 15 is 0 Å². The van der Waals surface area contributed by atoms with Gasteiger partial charge in [-0.1, -0.05) is 0 Å². The second kappa shape index (κ2) is 9.21. The zero-order valence-corrected chi connectivity index (χ0v) is 22.4. The van der Waals surface area contributed by atoms with Crippen molar-refractivity contribution in [2.45, 2.75) is 45.4 Å². The molecule has 1 saturated heterocycles. The molecule has 0 N–H and O–H groups in total. The molecule has 1 unspecified atom stereocenters. The van der Waals surface area contributed by atoms with Gasteiger partial charge in [0.25, 0.3) is 0 Å². The Kier molecular flexibility index (Phi) is 5.93. The lowest BCUT2D eigenvalue weighted by molar-refractivity contribution is 0.0238. The first kappa shape index (κ1) is 25.1. The largest absolute Gasteiger partial charge is 0.444 e. The van der Waals surface area contributed by atoms with E-state index in [4.69, 9.17) is 4.74 Å². The van der Waals surface area contributed by atoms with Crippen LogP contribution >= 0.6 is 0 Å². The van der Waals surface area contributed by atoms with E-state index < -0.39 is 17.2 Å². The van der Waals surface area contributed by atoms with E-state index in [-0.39, 0.29) is 12.1 Å². The van der Waals surface area contributed by atoms with Crippen molar-refractivity contribution >= 4 is 11.8 Å². The summed E-state index contributed by atoms with van der Waals surface area (Å²) in [5.41, 5.74) is 4.23. The van der Waals surface area contributed by atoms with Crippen molar-refractivity contribution in [2.75, 3.05) is 25.0 Å². The molecule has 4 aromatic rings. The van der Waals surface area contributed by atoms with Gasteiger partial charge in [-0.15, -0.1) is 0 Å². The Bertz CT molecular complexity index is 1570. The number of hydrogen-bond donors (Lipinski definition) is 0. The SMILES string of the molecule is CN(C(=O)OC(C)(C)C)C1CCN(c2ccc3c(c2)Cn2cc(-c4ccc(F)cc4F)cc2-c2ncnn2-3)C1. The number of likely N-dealkylation sites (N-methyl/N-ethyl adjacent to an activating group) is 1. The minimum Gasteiger partial charge on any atom is -0.444 e. The van der Waals surface area contributed by atoms with Gasteiger partial charge >= 0.3 is 6.09 Å². The third-order valence-corrected chi connectivity index (χ3v) is 7.31. The van der Waals surface area contributed by atoms with Gasteiger partial charge in [-0.05, 0) is 69.2 Å². The fourth-order valence-electron chi connectivity index (χ4n) is 5.35. The summed E-state index contributed by atoms with van der Waals surface area (Å²) in [6.45, 7) is 7.64. The Morgan fingerprint density at radius 2 is 1.95 bits per heavy atom. The topological polar surface area (TPSA) is 68.4 Å². The van der Waals surface area contributed by atoms with Gasteiger partial charge < -0.3 is 19.1 Å². The normalized spacial score (nSPS) is 16.4. The summed E-state index contributed by atoms with van der Waals surface area (Å²) in [7, 11) is 1.79. The molecule has 39 heavy (non-hydrogen) atoms. The molecule has 1 fully saturated rings.